The monoisotopic (exact) mass is 399 g/mol. The second-order valence-electron chi connectivity index (χ2n) is 7.70. The molecule has 5 nitrogen and oxygen atoms in total. The molecule has 6 heteroatoms. The van der Waals surface area contributed by atoms with E-state index in [1.54, 1.807) is 6.07 Å². The lowest BCUT2D eigenvalue weighted by Crippen LogP contribution is -2.40. The molecule has 4 rings (SSSR count). The number of hydrogen-bond donors (Lipinski definition) is 3. The van der Waals surface area contributed by atoms with Crippen LogP contribution in [0.25, 0.3) is 11.0 Å². The van der Waals surface area contributed by atoms with Crippen LogP contribution in [0.1, 0.15) is 42.7 Å². The number of likely N-dealkylation sites (tertiary alicyclic amines) is 1. The predicted molar refractivity (Wildman–Crippen MR) is 113 cm³/mol. The Balaban J connectivity index is 1.65. The third-order valence-corrected chi connectivity index (χ3v) is 6.03. The molecule has 148 valence electrons. The first-order valence-electron chi connectivity index (χ1n) is 9.97. The topological polar surface area (TPSA) is 72.1 Å². The lowest BCUT2D eigenvalue weighted by molar-refractivity contribution is -0.0179. The molecule has 3 N–H and O–H groups in total. The van der Waals surface area contributed by atoms with Gasteiger partial charge < -0.3 is 15.1 Å². The van der Waals surface area contributed by atoms with Crippen molar-refractivity contribution in [1.82, 2.24) is 14.9 Å². The molecular formula is C22H26ClN3O2. The Morgan fingerprint density at radius 3 is 2.43 bits per heavy atom. The van der Waals surface area contributed by atoms with Gasteiger partial charge in [-0.3, -0.25) is 4.90 Å². The summed E-state index contributed by atoms with van der Waals surface area (Å²) < 4.78 is 0. The van der Waals surface area contributed by atoms with Gasteiger partial charge in [0.1, 0.15) is 6.23 Å². The van der Waals surface area contributed by atoms with Crippen LogP contribution in [0.2, 0.25) is 5.02 Å². The number of fused-ring (bicyclic) bond motifs is 1. The van der Waals surface area contributed by atoms with Crippen LogP contribution in [0.5, 0.6) is 0 Å². The van der Waals surface area contributed by atoms with Crippen molar-refractivity contribution in [2.45, 2.75) is 44.2 Å². The number of nitrogens with zero attached hydrogens (tertiary/aromatic N) is 1. The Morgan fingerprint density at radius 1 is 1.04 bits per heavy atom. The molecule has 0 saturated carbocycles. The van der Waals surface area contributed by atoms with Gasteiger partial charge in [-0.15, -0.1) is 0 Å². The molecule has 2 heterocycles. The van der Waals surface area contributed by atoms with Gasteiger partial charge in [-0.25, -0.2) is 4.79 Å². The lowest BCUT2D eigenvalue weighted by Gasteiger charge is -2.33. The molecule has 2 aromatic carbocycles. The molecule has 0 spiro atoms. The Morgan fingerprint density at radius 2 is 1.71 bits per heavy atom. The highest BCUT2D eigenvalue weighted by Gasteiger charge is 2.25. The summed E-state index contributed by atoms with van der Waals surface area (Å²) >= 11 is 6.61. The number of hydrogen-bond acceptors (Lipinski definition) is 3. The van der Waals surface area contributed by atoms with Crippen molar-refractivity contribution in [3.8, 4) is 0 Å². The molecule has 2 atom stereocenters. The van der Waals surface area contributed by atoms with Gasteiger partial charge in [0.2, 0.25) is 0 Å². The average molecular weight is 400 g/mol. The number of halogens is 1. The van der Waals surface area contributed by atoms with Crippen LogP contribution in [0.3, 0.4) is 0 Å². The summed E-state index contributed by atoms with van der Waals surface area (Å²) in [5.41, 5.74) is 3.38. The molecule has 1 unspecified atom stereocenters. The maximum Gasteiger partial charge on any atom is 0.323 e. The molecule has 28 heavy (non-hydrogen) atoms. The molecule has 1 aliphatic rings. The number of nitrogens with one attached hydrogen (secondary N) is 2. The van der Waals surface area contributed by atoms with Crippen molar-refractivity contribution < 1.29 is 5.11 Å². The van der Waals surface area contributed by atoms with Gasteiger partial charge in [-0.2, -0.15) is 0 Å². The Labute approximate surface area is 169 Å². The standard InChI is InChI=1S/C22H26ClN3O2/c23-18-14-20-19(24-22(28)25-20)13-17(18)16(11-15-7-3-1-4-8-15)12-21(27)26-9-5-2-6-10-26/h1,3-4,7-8,13-14,16,21,27H,2,5-6,9-12H2,(H2,24,25,28)/t16-,21?/m1/s1. The van der Waals surface area contributed by atoms with E-state index >= 15 is 0 Å². The molecule has 1 aromatic heterocycles. The maximum absolute atomic E-state index is 11.7. The summed E-state index contributed by atoms with van der Waals surface area (Å²) in [5, 5.41) is 11.5. The number of aromatic nitrogens is 2. The SMILES string of the molecule is O=c1[nH]c2cc(Cl)c([C@H](Cc3ccccc3)CC(O)N3CCCCC3)cc2[nH]1. The predicted octanol–water partition coefficient (Wildman–Crippen LogP) is 4.03. The van der Waals surface area contributed by atoms with E-state index in [9.17, 15) is 9.90 Å². The highest BCUT2D eigenvalue weighted by atomic mass is 35.5. The fourth-order valence-corrected chi connectivity index (χ4v) is 4.54. The normalized spacial score (nSPS) is 17.6. The highest BCUT2D eigenvalue weighted by molar-refractivity contribution is 6.32. The number of piperidine rings is 1. The smallest absolute Gasteiger partial charge is 0.323 e. The summed E-state index contributed by atoms with van der Waals surface area (Å²) in [5.74, 6) is 0.0506. The second-order valence-corrected chi connectivity index (χ2v) is 8.11. The van der Waals surface area contributed by atoms with Crippen molar-refractivity contribution >= 4 is 22.6 Å². The van der Waals surface area contributed by atoms with Gasteiger partial charge in [0.05, 0.1) is 11.0 Å². The lowest BCUT2D eigenvalue weighted by atomic mass is 9.88. The van der Waals surface area contributed by atoms with E-state index in [-0.39, 0.29) is 11.6 Å². The minimum atomic E-state index is -0.494. The summed E-state index contributed by atoms with van der Waals surface area (Å²) in [4.78, 5) is 19.4. The fraction of sp³-hybridized carbons (Fsp3) is 0.409. The van der Waals surface area contributed by atoms with Gasteiger partial charge >= 0.3 is 5.69 Å². The Kier molecular flexibility index (Phi) is 5.85. The van der Waals surface area contributed by atoms with E-state index in [2.05, 4.69) is 27.0 Å². The van der Waals surface area contributed by atoms with Crippen molar-refractivity contribution in [2.24, 2.45) is 0 Å². The van der Waals surface area contributed by atoms with Crippen molar-refractivity contribution in [3.05, 3.63) is 69.1 Å². The molecular weight excluding hydrogens is 374 g/mol. The van der Waals surface area contributed by atoms with E-state index in [1.807, 2.05) is 24.3 Å². The number of rotatable bonds is 6. The Bertz CT molecular complexity index is 976. The van der Waals surface area contributed by atoms with E-state index in [0.29, 0.717) is 17.0 Å². The first-order valence-corrected chi connectivity index (χ1v) is 10.4. The van der Waals surface area contributed by atoms with Crippen LogP contribution in [-0.4, -0.2) is 39.3 Å². The summed E-state index contributed by atoms with van der Waals surface area (Å²) in [7, 11) is 0. The van der Waals surface area contributed by atoms with Crippen LogP contribution >= 0.6 is 11.6 Å². The highest BCUT2D eigenvalue weighted by Crippen LogP contribution is 2.34. The van der Waals surface area contributed by atoms with Gasteiger partial charge in [0.25, 0.3) is 0 Å². The minimum Gasteiger partial charge on any atom is -0.378 e. The van der Waals surface area contributed by atoms with E-state index in [0.717, 1.165) is 43.4 Å². The van der Waals surface area contributed by atoms with Gasteiger partial charge in [0, 0.05) is 18.1 Å². The van der Waals surface area contributed by atoms with Crippen LogP contribution < -0.4 is 5.69 Å². The van der Waals surface area contributed by atoms with Gasteiger partial charge in [0.15, 0.2) is 0 Å². The number of imidazole rings is 1. The fourth-order valence-electron chi connectivity index (χ4n) is 4.22. The molecule has 0 amide bonds. The van der Waals surface area contributed by atoms with Crippen molar-refractivity contribution in [1.29, 1.82) is 0 Å². The maximum atomic E-state index is 11.7. The molecule has 0 bridgehead atoms. The minimum absolute atomic E-state index is 0.0506. The number of benzene rings is 2. The molecule has 1 saturated heterocycles. The van der Waals surface area contributed by atoms with E-state index < -0.39 is 6.23 Å². The summed E-state index contributed by atoms with van der Waals surface area (Å²) in [6.45, 7) is 1.88. The zero-order valence-corrected chi connectivity index (χ0v) is 16.6. The zero-order chi connectivity index (χ0) is 19.5. The summed E-state index contributed by atoms with van der Waals surface area (Å²) in [6.07, 6.45) is 4.40. The van der Waals surface area contributed by atoms with E-state index in [4.69, 9.17) is 11.6 Å². The van der Waals surface area contributed by atoms with Crippen LogP contribution in [0.15, 0.2) is 47.3 Å². The molecule has 0 radical (unpaired) electrons. The second kappa shape index (κ2) is 8.52. The van der Waals surface area contributed by atoms with Gasteiger partial charge in [-0.1, -0.05) is 48.4 Å². The number of aliphatic hydroxyl groups excluding tert-OH is 1. The summed E-state index contributed by atoms with van der Waals surface area (Å²) in [6, 6.07) is 14.0. The van der Waals surface area contributed by atoms with Crippen molar-refractivity contribution in [2.75, 3.05) is 13.1 Å². The Hall–Kier alpha value is -2.08. The van der Waals surface area contributed by atoms with E-state index in [1.165, 1.54) is 12.0 Å². The van der Waals surface area contributed by atoms with Crippen LogP contribution in [0, 0.1) is 0 Å². The third kappa shape index (κ3) is 4.32. The number of aromatic amines is 2. The molecule has 0 aliphatic carbocycles. The van der Waals surface area contributed by atoms with Gasteiger partial charge in [-0.05, 0) is 54.9 Å². The molecule has 1 fully saturated rings. The first kappa shape index (κ1) is 19.2. The third-order valence-electron chi connectivity index (χ3n) is 5.71. The van der Waals surface area contributed by atoms with Crippen molar-refractivity contribution in [3.63, 3.8) is 0 Å². The van der Waals surface area contributed by atoms with Crippen LogP contribution in [-0.2, 0) is 6.42 Å². The quantitative estimate of drug-likeness (QED) is 0.586. The largest absolute Gasteiger partial charge is 0.378 e. The molecule has 1 aliphatic heterocycles. The zero-order valence-electron chi connectivity index (χ0n) is 15.8. The van der Waals surface area contributed by atoms with Crippen LogP contribution in [0.4, 0.5) is 0 Å². The first-order chi connectivity index (χ1) is 13.6. The molecule has 3 aromatic rings. The number of aliphatic hydroxyl groups is 1. The number of H-pyrrole nitrogens is 2. The average Bonchev–Trinajstić information content (AvgIpc) is 3.07.